The number of alkyl halides is 1. The maximum absolute atomic E-state index is 12.7. The molecule has 0 saturated carbocycles. The first kappa shape index (κ1) is 15.6. The van der Waals surface area contributed by atoms with Gasteiger partial charge in [0.1, 0.15) is 5.75 Å². The van der Waals surface area contributed by atoms with Crippen molar-refractivity contribution >= 4 is 33.4 Å². The summed E-state index contributed by atoms with van der Waals surface area (Å²) in [5.41, 5.74) is 0.488. The zero-order valence-corrected chi connectivity index (χ0v) is 13.8. The number of nitrogens with zero attached hydrogens (tertiary/aromatic N) is 1. The molecule has 0 N–H and O–H groups in total. The Labute approximate surface area is 132 Å². The van der Waals surface area contributed by atoms with Crippen molar-refractivity contribution in [2.75, 3.05) is 25.5 Å². The van der Waals surface area contributed by atoms with Crippen molar-refractivity contribution in [2.24, 2.45) is 0 Å². The summed E-state index contributed by atoms with van der Waals surface area (Å²) in [5, 5.41) is 1.22. The molecule has 1 aliphatic heterocycles. The van der Waals surface area contributed by atoms with Crippen molar-refractivity contribution < 1.29 is 14.3 Å². The first-order valence-electron chi connectivity index (χ1n) is 6.39. The molecule has 20 heavy (non-hydrogen) atoms. The third-order valence-electron chi connectivity index (χ3n) is 3.18. The highest BCUT2D eigenvalue weighted by atomic mass is 79.9. The van der Waals surface area contributed by atoms with Crippen LogP contribution in [0, 0.1) is 0 Å². The maximum atomic E-state index is 12.7. The lowest BCUT2D eigenvalue weighted by Crippen LogP contribution is -2.49. The summed E-state index contributed by atoms with van der Waals surface area (Å²) in [6.07, 6.45) is 0.0216. The summed E-state index contributed by atoms with van der Waals surface area (Å²) in [7, 11) is 1.54. The number of morpholine rings is 1. The molecule has 1 fully saturated rings. The topological polar surface area (TPSA) is 38.8 Å². The van der Waals surface area contributed by atoms with Gasteiger partial charge in [-0.2, -0.15) is 0 Å². The van der Waals surface area contributed by atoms with Crippen molar-refractivity contribution in [2.45, 2.75) is 19.1 Å². The van der Waals surface area contributed by atoms with Crippen LogP contribution in [0.1, 0.15) is 17.3 Å². The molecule has 0 spiro atoms. The average Bonchev–Trinajstić information content (AvgIpc) is 2.45. The second kappa shape index (κ2) is 6.78. The van der Waals surface area contributed by atoms with Crippen LogP contribution in [0.5, 0.6) is 5.75 Å². The monoisotopic (exact) mass is 361 g/mol. The lowest BCUT2D eigenvalue weighted by atomic mass is 10.1. The minimum Gasteiger partial charge on any atom is -0.496 e. The molecule has 6 heteroatoms. The number of carbonyl (C=O) groups is 1. The van der Waals surface area contributed by atoms with Crippen LogP contribution in [0.15, 0.2) is 18.2 Å². The van der Waals surface area contributed by atoms with Crippen LogP contribution in [0.4, 0.5) is 0 Å². The fourth-order valence-electron chi connectivity index (χ4n) is 2.31. The van der Waals surface area contributed by atoms with E-state index < -0.39 is 0 Å². The normalized spacial score (nSPS) is 22.7. The minimum absolute atomic E-state index is 0.00730. The molecule has 1 aromatic carbocycles. The van der Waals surface area contributed by atoms with Gasteiger partial charge in [-0.25, -0.2) is 0 Å². The molecule has 2 unspecified atom stereocenters. The van der Waals surface area contributed by atoms with Crippen LogP contribution in [0.25, 0.3) is 0 Å². The van der Waals surface area contributed by atoms with E-state index in [0.29, 0.717) is 34.8 Å². The van der Waals surface area contributed by atoms with Crippen LogP contribution in [0.2, 0.25) is 5.02 Å². The van der Waals surface area contributed by atoms with Gasteiger partial charge in [-0.1, -0.05) is 27.5 Å². The molecule has 1 saturated heterocycles. The first-order chi connectivity index (χ1) is 9.55. The van der Waals surface area contributed by atoms with E-state index in [0.717, 1.165) is 0 Å². The molecule has 0 aliphatic carbocycles. The molecule has 1 amide bonds. The molecular weight excluding hydrogens is 346 g/mol. The van der Waals surface area contributed by atoms with Crippen molar-refractivity contribution in [3.63, 3.8) is 0 Å². The van der Waals surface area contributed by atoms with E-state index >= 15 is 0 Å². The highest BCUT2D eigenvalue weighted by Gasteiger charge is 2.29. The van der Waals surface area contributed by atoms with Gasteiger partial charge in [0.05, 0.1) is 24.9 Å². The van der Waals surface area contributed by atoms with Gasteiger partial charge < -0.3 is 14.4 Å². The smallest absolute Gasteiger partial charge is 0.257 e. The molecule has 0 radical (unpaired) electrons. The Hall–Kier alpha value is -0.780. The Bertz CT molecular complexity index is 497. The van der Waals surface area contributed by atoms with Crippen molar-refractivity contribution in [3.8, 4) is 5.75 Å². The van der Waals surface area contributed by atoms with Crippen LogP contribution >= 0.6 is 27.5 Å². The molecule has 1 aliphatic rings. The Morgan fingerprint density at radius 2 is 2.30 bits per heavy atom. The molecule has 110 valence electrons. The van der Waals surface area contributed by atoms with Crippen molar-refractivity contribution in [1.82, 2.24) is 4.90 Å². The van der Waals surface area contributed by atoms with E-state index in [1.165, 1.54) is 0 Å². The lowest BCUT2D eigenvalue weighted by Gasteiger charge is -2.36. The van der Waals surface area contributed by atoms with Crippen molar-refractivity contribution in [3.05, 3.63) is 28.8 Å². The van der Waals surface area contributed by atoms with Gasteiger partial charge >= 0.3 is 0 Å². The molecule has 1 heterocycles. The molecule has 1 aromatic rings. The minimum atomic E-state index is -0.0783. The zero-order chi connectivity index (χ0) is 14.7. The number of ether oxygens (including phenoxy) is 2. The van der Waals surface area contributed by atoms with E-state index in [2.05, 4.69) is 15.9 Å². The van der Waals surface area contributed by atoms with E-state index in [4.69, 9.17) is 21.1 Å². The van der Waals surface area contributed by atoms with Gasteiger partial charge in [0.25, 0.3) is 5.91 Å². The van der Waals surface area contributed by atoms with Crippen molar-refractivity contribution in [1.29, 1.82) is 0 Å². The second-order valence-corrected chi connectivity index (χ2v) is 5.86. The van der Waals surface area contributed by atoms with Gasteiger partial charge in [-0.15, -0.1) is 0 Å². The summed E-state index contributed by atoms with van der Waals surface area (Å²) in [4.78, 5) is 14.4. The number of rotatable bonds is 3. The van der Waals surface area contributed by atoms with Crippen LogP contribution in [0.3, 0.4) is 0 Å². The largest absolute Gasteiger partial charge is 0.496 e. The SMILES string of the molecule is COc1ccc(Cl)cc1C(=O)N1CC(C)OC(CBr)C1. The predicted octanol–water partition coefficient (Wildman–Crippen LogP) is 2.97. The van der Waals surface area contributed by atoms with Gasteiger partial charge in [0.15, 0.2) is 0 Å². The molecule has 2 atom stereocenters. The zero-order valence-electron chi connectivity index (χ0n) is 11.4. The Morgan fingerprint density at radius 3 is 2.95 bits per heavy atom. The Balaban J connectivity index is 2.24. The van der Waals surface area contributed by atoms with Crippen LogP contribution in [-0.4, -0.2) is 48.5 Å². The fraction of sp³-hybridized carbons (Fsp3) is 0.500. The van der Waals surface area contributed by atoms with Crippen LogP contribution in [-0.2, 0) is 4.74 Å². The van der Waals surface area contributed by atoms with E-state index in [9.17, 15) is 4.79 Å². The average molecular weight is 363 g/mol. The number of benzene rings is 1. The summed E-state index contributed by atoms with van der Waals surface area (Å²) in [6.45, 7) is 3.09. The van der Waals surface area contributed by atoms with Gasteiger partial charge in [0, 0.05) is 23.4 Å². The summed E-state index contributed by atoms with van der Waals surface area (Å²) in [5.74, 6) is 0.458. The van der Waals surface area contributed by atoms with E-state index in [-0.39, 0.29) is 18.1 Å². The summed E-state index contributed by atoms with van der Waals surface area (Å²) < 4.78 is 11.0. The second-order valence-electron chi connectivity index (χ2n) is 4.78. The third kappa shape index (κ3) is 3.45. The van der Waals surface area contributed by atoms with E-state index in [1.807, 2.05) is 6.92 Å². The molecular formula is C14H17BrClNO3. The highest BCUT2D eigenvalue weighted by molar-refractivity contribution is 9.09. The predicted molar refractivity (Wildman–Crippen MR) is 82.0 cm³/mol. The number of hydrogen-bond donors (Lipinski definition) is 0. The molecule has 2 rings (SSSR count). The van der Waals surface area contributed by atoms with Gasteiger partial charge in [-0.05, 0) is 25.1 Å². The standard InChI is InChI=1S/C14H17BrClNO3/c1-9-7-17(8-11(6-15)20-9)14(18)12-5-10(16)3-4-13(12)19-2/h3-5,9,11H,6-8H2,1-2H3. The lowest BCUT2D eigenvalue weighted by molar-refractivity contribution is -0.0560. The highest BCUT2D eigenvalue weighted by Crippen LogP contribution is 2.25. The summed E-state index contributed by atoms with van der Waals surface area (Å²) in [6, 6.07) is 5.06. The Morgan fingerprint density at radius 1 is 1.55 bits per heavy atom. The molecule has 0 bridgehead atoms. The number of carbonyl (C=O) groups excluding carboxylic acids is 1. The quantitative estimate of drug-likeness (QED) is 0.776. The number of hydrogen-bond acceptors (Lipinski definition) is 3. The van der Waals surface area contributed by atoms with E-state index in [1.54, 1.807) is 30.2 Å². The number of amides is 1. The van der Waals surface area contributed by atoms with Gasteiger partial charge in [0.2, 0.25) is 0 Å². The van der Waals surface area contributed by atoms with Crippen LogP contribution < -0.4 is 4.74 Å². The maximum Gasteiger partial charge on any atom is 0.257 e. The summed E-state index contributed by atoms with van der Waals surface area (Å²) >= 11 is 9.39. The molecule has 0 aromatic heterocycles. The fourth-order valence-corrected chi connectivity index (χ4v) is 2.84. The number of methoxy groups -OCH3 is 1. The molecule has 4 nitrogen and oxygen atoms in total. The Kier molecular flexibility index (Phi) is 5.29. The third-order valence-corrected chi connectivity index (χ3v) is 4.13. The first-order valence-corrected chi connectivity index (χ1v) is 7.89. The van der Waals surface area contributed by atoms with Gasteiger partial charge in [-0.3, -0.25) is 4.79 Å². The number of halogens is 2.